The lowest BCUT2D eigenvalue weighted by Gasteiger charge is -2.06. The predicted molar refractivity (Wildman–Crippen MR) is 104 cm³/mol. The van der Waals surface area contributed by atoms with Crippen LogP contribution in [0.25, 0.3) is 5.69 Å². The number of para-hydroxylation sites is 2. The zero-order chi connectivity index (χ0) is 19.2. The molecule has 3 aromatic rings. The number of ether oxygens (including phenoxy) is 1. The molecule has 0 radical (unpaired) electrons. The number of rotatable bonds is 6. The summed E-state index contributed by atoms with van der Waals surface area (Å²) in [6.45, 7) is 1.51. The number of aryl methyl sites for hydroxylation is 1. The van der Waals surface area contributed by atoms with Gasteiger partial charge in [0.2, 0.25) is 0 Å². The Bertz CT molecular complexity index is 1020. The topological polar surface area (TPSA) is 88.5 Å². The number of halogens is 1. The van der Waals surface area contributed by atoms with Crippen molar-refractivity contribution in [3.8, 4) is 11.4 Å². The Morgan fingerprint density at radius 3 is 2.67 bits per heavy atom. The van der Waals surface area contributed by atoms with Crippen LogP contribution in [-0.4, -0.2) is 28.5 Å². The van der Waals surface area contributed by atoms with E-state index in [1.807, 2.05) is 30.3 Å². The Labute approximate surface area is 160 Å². The average Bonchev–Trinajstić information content (AvgIpc) is 2.96. The van der Waals surface area contributed by atoms with Gasteiger partial charge in [-0.25, -0.2) is 10.1 Å². The van der Waals surface area contributed by atoms with E-state index >= 15 is 0 Å². The average molecular weight is 385 g/mol. The molecule has 1 amide bonds. The Morgan fingerprint density at radius 2 is 1.93 bits per heavy atom. The fourth-order valence-electron chi connectivity index (χ4n) is 2.38. The number of carbonyl (C=O) groups excluding carboxylic acids is 1. The standard InChI is InChI=1S/C19H17ClN4O3/c1-13-15(19(26)24(23-13)14-7-3-2-4-8-14)11-21-22-18(25)12-27-17-10-6-5-9-16(17)20/h2-11,23H,12H2,1H3,(H,22,25)/b21-11+. The lowest BCUT2D eigenvalue weighted by Crippen LogP contribution is -2.25. The van der Waals surface area contributed by atoms with Gasteiger partial charge in [-0.05, 0) is 31.2 Å². The van der Waals surface area contributed by atoms with Crippen molar-refractivity contribution in [2.45, 2.75) is 6.92 Å². The molecule has 27 heavy (non-hydrogen) atoms. The molecule has 2 aromatic carbocycles. The summed E-state index contributed by atoms with van der Waals surface area (Å²) >= 11 is 5.95. The molecular weight excluding hydrogens is 368 g/mol. The highest BCUT2D eigenvalue weighted by atomic mass is 35.5. The third-order valence-electron chi connectivity index (χ3n) is 3.71. The van der Waals surface area contributed by atoms with E-state index in [-0.39, 0.29) is 12.2 Å². The molecule has 0 bridgehead atoms. The molecule has 8 heteroatoms. The molecule has 7 nitrogen and oxygen atoms in total. The first-order valence-electron chi connectivity index (χ1n) is 8.12. The summed E-state index contributed by atoms with van der Waals surface area (Å²) in [5, 5.41) is 7.23. The van der Waals surface area contributed by atoms with E-state index in [1.165, 1.54) is 10.9 Å². The Morgan fingerprint density at radius 1 is 1.22 bits per heavy atom. The van der Waals surface area contributed by atoms with Gasteiger partial charge in [-0.15, -0.1) is 0 Å². The van der Waals surface area contributed by atoms with Gasteiger partial charge in [0.25, 0.3) is 11.5 Å². The summed E-state index contributed by atoms with van der Waals surface area (Å²) in [6, 6.07) is 16.0. The Balaban J connectivity index is 1.63. The first-order valence-corrected chi connectivity index (χ1v) is 8.50. The van der Waals surface area contributed by atoms with Crippen molar-refractivity contribution in [3.05, 3.63) is 81.2 Å². The largest absolute Gasteiger partial charge is 0.482 e. The quantitative estimate of drug-likeness (QED) is 0.506. The highest BCUT2D eigenvalue weighted by molar-refractivity contribution is 6.32. The first kappa shape index (κ1) is 18.5. The van der Waals surface area contributed by atoms with Crippen LogP contribution in [0.1, 0.15) is 11.3 Å². The summed E-state index contributed by atoms with van der Waals surface area (Å²) in [4.78, 5) is 24.3. The van der Waals surface area contributed by atoms with Gasteiger partial charge in [-0.2, -0.15) is 5.10 Å². The molecule has 0 spiro atoms. The smallest absolute Gasteiger partial charge is 0.280 e. The summed E-state index contributed by atoms with van der Waals surface area (Å²) in [5.74, 6) is -0.0618. The summed E-state index contributed by atoms with van der Waals surface area (Å²) in [6.07, 6.45) is 1.31. The molecule has 1 aromatic heterocycles. The van der Waals surface area contributed by atoms with Gasteiger partial charge < -0.3 is 4.74 Å². The van der Waals surface area contributed by atoms with E-state index in [9.17, 15) is 9.59 Å². The number of benzene rings is 2. The van der Waals surface area contributed by atoms with Crippen LogP contribution >= 0.6 is 11.6 Å². The molecule has 3 rings (SSSR count). The van der Waals surface area contributed by atoms with Gasteiger partial charge in [0.05, 0.1) is 22.5 Å². The number of aromatic amines is 1. The third-order valence-corrected chi connectivity index (χ3v) is 4.02. The fraction of sp³-hybridized carbons (Fsp3) is 0.105. The fourth-order valence-corrected chi connectivity index (χ4v) is 2.57. The van der Waals surface area contributed by atoms with Crippen molar-refractivity contribution < 1.29 is 9.53 Å². The molecule has 0 aliphatic rings. The van der Waals surface area contributed by atoms with Crippen molar-refractivity contribution >= 4 is 23.7 Å². The number of amides is 1. The van der Waals surface area contributed by atoms with E-state index in [2.05, 4.69) is 15.6 Å². The number of hydrazone groups is 1. The molecule has 0 unspecified atom stereocenters. The van der Waals surface area contributed by atoms with E-state index in [0.717, 1.165) is 0 Å². The van der Waals surface area contributed by atoms with Gasteiger partial charge >= 0.3 is 0 Å². The predicted octanol–water partition coefficient (Wildman–Crippen LogP) is 2.66. The lowest BCUT2D eigenvalue weighted by molar-refractivity contribution is -0.123. The van der Waals surface area contributed by atoms with Gasteiger partial charge in [0, 0.05) is 5.69 Å². The second-order valence-electron chi connectivity index (χ2n) is 5.64. The monoisotopic (exact) mass is 384 g/mol. The number of aromatic nitrogens is 2. The highest BCUT2D eigenvalue weighted by Gasteiger charge is 2.10. The van der Waals surface area contributed by atoms with E-state index in [4.69, 9.17) is 16.3 Å². The van der Waals surface area contributed by atoms with Crippen molar-refractivity contribution in [1.82, 2.24) is 15.2 Å². The minimum atomic E-state index is -0.470. The molecular formula is C19H17ClN4O3. The van der Waals surface area contributed by atoms with Crippen LogP contribution < -0.4 is 15.7 Å². The third kappa shape index (κ3) is 4.45. The summed E-state index contributed by atoms with van der Waals surface area (Å²) < 4.78 is 6.74. The van der Waals surface area contributed by atoms with Gasteiger partial charge in [-0.1, -0.05) is 41.9 Å². The maximum atomic E-state index is 12.5. The molecule has 0 saturated carbocycles. The van der Waals surface area contributed by atoms with Crippen LogP contribution in [0.15, 0.2) is 64.5 Å². The van der Waals surface area contributed by atoms with Crippen LogP contribution in [0.2, 0.25) is 5.02 Å². The van der Waals surface area contributed by atoms with Crippen molar-refractivity contribution in [3.63, 3.8) is 0 Å². The molecule has 0 aliphatic carbocycles. The minimum Gasteiger partial charge on any atom is -0.482 e. The number of nitrogens with zero attached hydrogens (tertiary/aromatic N) is 2. The maximum Gasteiger partial charge on any atom is 0.280 e. The van der Waals surface area contributed by atoms with Crippen LogP contribution in [0, 0.1) is 6.92 Å². The van der Waals surface area contributed by atoms with Crippen molar-refractivity contribution in [2.24, 2.45) is 5.10 Å². The second-order valence-corrected chi connectivity index (χ2v) is 6.05. The zero-order valence-electron chi connectivity index (χ0n) is 14.5. The first-order chi connectivity index (χ1) is 13.1. The highest BCUT2D eigenvalue weighted by Crippen LogP contribution is 2.22. The number of hydrogen-bond donors (Lipinski definition) is 2. The number of carbonyl (C=O) groups is 1. The normalized spacial score (nSPS) is 10.9. The van der Waals surface area contributed by atoms with Crippen LogP contribution in [-0.2, 0) is 4.79 Å². The van der Waals surface area contributed by atoms with Crippen molar-refractivity contribution in [2.75, 3.05) is 6.61 Å². The molecule has 138 valence electrons. The molecule has 0 fully saturated rings. The van der Waals surface area contributed by atoms with Gasteiger partial charge in [-0.3, -0.25) is 14.7 Å². The van der Waals surface area contributed by atoms with Crippen LogP contribution in [0.3, 0.4) is 0 Å². The molecule has 2 N–H and O–H groups in total. The van der Waals surface area contributed by atoms with Crippen LogP contribution in [0.4, 0.5) is 0 Å². The van der Waals surface area contributed by atoms with E-state index < -0.39 is 5.91 Å². The molecule has 0 aliphatic heterocycles. The lowest BCUT2D eigenvalue weighted by atomic mass is 10.3. The van der Waals surface area contributed by atoms with Gasteiger partial charge in [0.15, 0.2) is 6.61 Å². The summed E-state index contributed by atoms with van der Waals surface area (Å²) in [7, 11) is 0. The zero-order valence-corrected chi connectivity index (χ0v) is 15.2. The summed E-state index contributed by atoms with van der Waals surface area (Å²) in [5.41, 5.74) is 3.76. The molecule has 0 saturated heterocycles. The van der Waals surface area contributed by atoms with Gasteiger partial charge in [0.1, 0.15) is 5.75 Å². The van der Waals surface area contributed by atoms with Crippen LogP contribution in [0.5, 0.6) is 5.75 Å². The SMILES string of the molecule is Cc1[nH]n(-c2ccccc2)c(=O)c1/C=N/NC(=O)COc1ccccc1Cl. The number of nitrogens with one attached hydrogen (secondary N) is 2. The Kier molecular flexibility index (Phi) is 5.73. The minimum absolute atomic E-state index is 0.249. The number of H-pyrrole nitrogens is 1. The molecule has 0 atom stereocenters. The molecule has 1 heterocycles. The number of hydrogen-bond acceptors (Lipinski definition) is 4. The van der Waals surface area contributed by atoms with Crippen molar-refractivity contribution in [1.29, 1.82) is 0 Å². The Hall–Kier alpha value is -3.32. The van der Waals surface area contributed by atoms with E-state index in [1.54, 1.807) is 31.2 Å². The maximum absolute atomic E-state index is 12.5. The van der Waals surface area contributed by atoms with E-state index in [0.29, 0.717) is 27.7 Å². The second kappa shape index (κ2) is 8.37.